The number of aliphatic hydroxyl groups is 6. The van der Waals surface area contributed by atoms with Crippen LogP contribution >= 0.6 is 0 Å². The molecule has 6 aliphatic carbocycles. The third-order valence-electron chi connectivity index (χ3n) is 36.9. The number of benzene rings is 6. The topological polar surface area (TPSA) is 284 Å². The van der Waals surface area contributed by atoms with Crippen molar-refractivity contribution < 1.29 is 85.4 Å². The lowest BCUT2D eigenvalue weighted by Crippen LogP contribution is -2.57. The summed E-state index contributed by atoms with van der Waals surface area (Å²) in [6.45, 7) is 8.91. The molecule has 6 saturated carbocycles. The van der Waals surface area contributed by atoms with Gasteiger partial charge in [-0.2, -0.15) is 0 Å². The van der Waals surface area contributed by atoms with E-state index in [4.69, 9.17) is 28.4 Å². The van der Waals surface area contributed by atoms with Gasteiger partial charge in [-0.25, -0.2) is 56.2 Å². The average molecular weight is 1890 g/mol. The largest absolute Gasteiger partial charge is 0.392 e. The minimum Gasteiger partial charge on any atom is -0.392 e. The second-order valence-electron chi connectivity index (χ2n) is 42.9. The summed E-state index contributed by atoms with van der Waals surface area (Å²) in [4.78, 5) is 25.4. The molecule has 30 rings (SSSR count). The first-order valence-electron chi connectivity index (χ1n) is 49.6. The second-order valence-corrected chi connectivity index (χ2v) is 42.9. The maximum atomic E-state index is 13.7. The quantitative estimate of drug-likeness (QED) is 0.0844. The summed E-state index contributed by atoms with van der Waals surface area (Å²) in [5, 5.41) is 65.5. The SMILES string of the molecule is O[C@@H]1[C@@H]([C@@H]2c3ccc(F)cc3-c3cncn32)CC12CCOCC2.O[C@@H]1[C@@H]([C@H]2c3ccc(F)cc3-c3cncn32)CC12CCOCC2.O[C@@H]1[C@H]([C@@H]2c3ccc(F)cc3-c3cncn32)CC12CCOCC2.O[C@@H]1[C@H]([C@H]2c3ccc(F)cc3-c3cncn32)CC12CCOCC2.O[C@H]1[C@@H]([C@@H]2c3ccc(F)cc3-c3cncn32)CC12CCOCC2.O[C@H]1[C@H]([C@@H]2c3ccc(F)cc3-c3cncn32)CC12CCOCC2. The molecule has 0 unspecified atom stereocenters. The van der Waals surface area contributed by atoms with Crippen molar-refractivity contribution in [1.29, 1.82) is 0 Å². The van der Waals surface area contributed by atoms with Gasteiger partial charge in [0.2, 0.25) is 0 Å². The van der Waals surface area contributed by atoms with Crippen molar-refractivity contribution in [3.05, 3.63) is 253 Å². The number of aliphatic hydroxyl groups excluding tert-OH is 6. The molecule has 18 heterocycles. The number of hydrogen-bond acceptors (Lipinski definition) is 18. The molecule has 6 aromatic carbocycles. The number of fused-ring (bicyclic) bond motifs is 18. The van der Waals surface area contributed by atoms with E-state index in [0.29, 0.717) is 0 Å². The molecule has 0 amide bonds. The number of aromatic nitrogens is 12. The van der Waals surface area contributed by atoms with Crippen molar-refractivity contribution in [1.82, 2.24) is 57.3 Å². The van der Waals surface area contributed by atoms with E-state index in [2.05, 4.69) is 57.3 Å². The van der Waals surface area contributed by atoms with Gasteiger partial charge < -0.3 is 86.5 Å². The van der Waals surface area contributed by atoms with Gasteiger partial charge >= 0.3 is 0 Å². The van der Waals surface area contributed by atoms with Crippen LogP contribution in [0.5, 0.6) is 0 Å². The summed E-state index contributed by atoms with van der Waals surface area (Å²) in [6, 6.07) is 30.1. The van der Waals surface area contributed by atoms with E-state index in [0.717, 1.165) is 296 Å². The zero-order valence-electron chi connectivity index (χ0n) is 76.7. The van der Waals surface area contributed by atoms with Crippen LogP contribution in [0.2, 0.25) is 0 Å². The molecule has 0 bridgehead atoms. The summed E-state index contributed by atoms with van der Waals surface area (Å²) in [5.74, 6) is -0.417. The fourth-order valence-electron chi connectivity index (χ4n) is 29.3. The first-order valence-corrected chi connectivity index (χ1v) is 49.6. The van der Waals surface area contributed by atoms with Crippen molar-refractivity contribution in [3.63, 3.8) is 0 Å². The van der Waals surface area contributed by atoms with Crippen molar-refractivity contribution in [3.8, 4) is 67.5 Å². The highest BCUT2D eigenvalue weighted by atomic mass is 19.1. The van der Waals surface area contributed by atoms with Crippen LogP contribution in [0.1, 0.15) is 185 Å². The van der Waals surface area contributed by atoms with Gasteiger partial charge in [-0.1, -0.05) is 36.4 Å². The third-order valence-corrected chi connectivity index (χ3v) is 36.9. The molecule has 12 fully saturated rings. The summed E-state index contributed by atoms with van der Waals surface area (Å²) >= 11 is 0. The smallest absolute Gasteiger partial charge is 0.123 e. The zero-order chi connectivity index (χ0) is 93.6. The van der Waals surface area contributed by atoms with Gasteiger partial charge in [0.15, 0.2) is 0 Å². The average Bonchev–Trinajstić information content (AvgIpc) is 1.63. The maximum Gasteiger partial charge on any atom is 0.123 e. The normalized spacial score (nSPS) is 30.8. The Hall–Kier alpha value is -10.3. The van der Waals surface area contributed by atoms with Crippen LogP contribution < -0.4 is 0 Å². The predicted octanol–water partition coefficient (Wildman–Crippen LogP) is 16.6. The van der Waals surface area contributed by atoms with Crippen LogP contribution in [0.25, 0.3) is 67.5 Å². The van der Waals surface area contributed by atoms with Gasteiger partial charge in [0, 0.05) is 181 Å². The molecule has 0 radical (unpaired) electrons. The fourth-order valence-corrected chi connectivity index (χ4v) is 29.3. The highest BCUT2D eigenvalue weighted by Gasteiger charge is 2.64. The lowest BCUT2D eigenvalue weighted by Gasteiger charge is -2.56. The first-order chi connectivity index (χ1) is 67.2. The Morgan fingerprint density at radius 2 is 0.355 bits per heavy atom. The van der Waals surface area contributed by atoms with Gasteiger partial charge in [-0.3, -0.25) is 0 Å². The van der Waals surface area contributed by atoms with Gasteiger partial charge in [0.1, 0.15) is 34.9 Å². The minimum atomic E-state index is -0.331. The number of hydrogen-bond donors (Lipinski definition) is 6. The lowest BCUT2D eigenvalue weighted by atomic mass is 9.53. The predicted molar refractivity (Wildman–Crippen MR) is 494 cm³/mol. The molecular weight excluding hydrogens is 1770 g/mol. The standard InChI is InChI=1S/6C18H19FN2O2/c6*19-11-1-2-12-13(7-11)15-9-20-10-21(15)16(12)14-8-18(17(14)22)3-5-23-6-4-18/h6*1-2,7,9-10,14,16-17,22H,3-6,8H2/t2*14-,16+,17+;14-,16+,17-;14-,16-,17+;2*14-,16-,17-/m101010/s1. The molecule has 6 N–H and O–H groups in total. The Balaban J connectivity index is 0.0000000878. The number of ether oxygens (including phenoxy) is 6. The van der Waals surface area contributed by atoms with Crippen molar-refractivity contribution in [2.75, 3.05) is 79.3 Å². The molecule has 720 valence electrons. The molecule has 12 aliphatic heterocycles. The van der Waals surface area contributed by atoms with Crippen molar-refractivity contribution in [2.45, 2.75) is 188 Å². The number of rotatable bonds is 6. The molecule has 12 aromatic rings. The van der Waals surface area contributed by atoms with Gasteiger partial charge in [-0.05, 0) is 222 Å². The molecular formula is C108H114F6N12O12. The van der Waals surface area contributed by atoms with E-state index >= 15 is 0 Å². The van der Waals surface area contributed by atoms with Crippen LogP contribution in [-0.2, 0) is 28.4 Å². The van der Waals surface area contributed by atoms with Crippen LogP contribution in [0.15, 0.2) is 184 Å². The zero-order valence-corrected chi connectivity index (χ0v) is 76.7. The Kier molecular flexibility index (Phi) is 22.1. The van der Waals surface area contributed by atoms with Crippen LogP contribution in [0.3, 0.4) is 0 Å². The molecule has 18 atom stereocenters. The molecule has 18 aliphatic rings. The maximum absolute atomic E-state index is 13.7. The Morgan fingerprint density at radius 1 is 0.217 bits per heavy atom. The van der Waals surface area contributed by atoms with E-state index in [9.17, 15) is 57.0 Å². The minimum absolute atomic E-state index is 0.0203. The van der Waals surface area contributed by atoms with Crippen LogP contribution in [0, 0.1) is 103 Å². The van der Waals surface area contributed by atoms with E-state index in [1.165, 1.54) is 36.4 Å². The Bertz CT molecular complexity index is 5600. The van der Waals surface area contributed by atoms with E-state index in [1.807, 2.05) is 36.4 Å². The van der Waals surface area contributed by atoms with Crippen LogP contribution in [0.4, 0.5) is 26.3 Å². The number of halogens is 6. The van der Waals surface area contributed by atoms with Crippen LogP contribution in [-0.4, -0.2) is 204 Å². The number of imidazole rings is 6. The highest BCUT2D eigenvalue weighted by Crippen LogP contribution is 2.67. The summed E-state index contributed by atoms with van der Waals surface area (Å²) in [7, 11) is 0. The Morgan fingerprint density at radius 3 is 0.486 bits per heavy atom. The number of nitrogens with zero attached hydrogens (tertiary/aromatic N) is 12. The second kappa shape index (κ2) is 34.3. The molecule has 138 heavy (non-hydrogen) atoms. The van der Waals surface area contributed by atoms with Crippen molar-refractivity contribution >= 4 is 0 Å². The molecule has 6 saturated heterocycles. The summed E-state index contributed by atoms with van der Waals surface area (Å²) < 4.78 is 127. The summed E-state index contributed by atoms with van der Waals surface area (Å²) in [6.07, 6.45) is 36.8. The summed E-state index contributed by atoms with van der Waals surface area (Å²) in [5.41, 5.74) is 17.9. The molecule has 24 nitrogen and oxygen atoms in total. The Labute approximate surface area is 794 Å². The van der Waals surface area contributed by atoms with E-state index in [1.54, 1.807) is 112 Å². The highest BCUT2D eigenvalue weighted by molar-refractivity contribution is 5.75. The molecule has 30 heteroatoms. The van der Waals surface area contributed by atoms with Gasteiger partial charge in [0.05, 0.1) is 182 Å². The van der Waals surface area contributed by atoms with E-state index < -0.39 is 0 Å². The first kappa shape index (κ1) is 89.1. The molecule has 6 spiro atoms. The fraction of sp³-hybridized carbons (Fsp3) is 0.500. The van der Waals surface area contributed by atoms with Gasteiger partial charge in [0.25, 0.3) is 0 Å². The third kappa shape index (κ3) is 14.0. The van der Waals surface area contributed by atoms with E-state index in [-0.39, 0.29) is 176 Å². The lowest BCUT2D eigenvalue weighted by molar-refractivity contribution is -0.173. The monoisotopic (exact) mass is 1880 g/mol. The van der Waals surface area contributed by atoms with Gasteiger partial charge in [-0.15, -0.1) is 0 Å². The molecule has 6 aromatic heterocycles. The van der Waals surface area contributed by atoms with Crippen molar-refractivity contribution in [2.24, 2.45) is 68.0 Å².